The number of rotatable bonds is 5. The lowest BCUT2D eigenvalue weighted by Gasteiger charge is -2.12. The van der Waals surface area contributed by atoms with Crippen molar-refractivity contribution in [3.05, 3.63) is 29.8 Å². The zero-order valence-electron chi connectivity index (χ0n) is 10.8. The van der Waals surface area contributed by atoms with E-state index in [0.29, 0.717) is 17.9 Å². The number of aromatic nitrogens is 4. The van der Waals surface area contributed by atoms with Crippen molar-refractivity contribution in [2.24, 2.45) is 5.41 Å². The Labute approximate surface area is 115 Å². The molecule has 0 saturated heterocycles. The molecular weight excluding hydrogens is 258 g/mol. The third-order valence-corrected chi connectivity index (χ3v) is 3.64. The molecular formula is C13H15N5O2. The van der Waals surface area contributed by atoms with Crippen LogP contribution in [0.5, 0.6) is 0 Å². The summed E-state index contributed by atoms with van der Waals surface area (Å²) in [5, 5.41) is 25.7. The summed E-state index contributed by atoms with van der Waals surface area (Å²) in [5.41, 5.74) is 1.18. The topological polar surface area (TPSA) is 104 Å². The highest BCUT2D eigenvalue weighted by Gasteiger charge is 2.42. The average molecular weight is 273 g/mol. The van der Waals surface area contributed by atoms with Crippen LogP contribution in [0.2, 0.25) is 0 Å². The molecule has 1 aromatic heterocycles. The minimum atomic E-state index is -0.157. The van der Waals surface area contributed by atoms with Crippen LogP contribution in [0.15, 0.2) is 24.3 Å². The summed E-state index contributed by atoms with van der Waals surface area (Å²) < 4.78 is 0. The highest BCUT2D eigenvalue weighted by molar-refractivity contribution is 5.95. The molecule has 0 unspecified atom stereocenters. The second-order valence-corrected chi connectivity index (χ2v) is 5.16. The molecule has 1 aliphatic carbocycles. The van der Waals surface area contributed by atoms with Gasteiger partial charge in [0.2, 0.25) is 5.82 Å². The fourth-order valence-corrected chi connectivity index (χ4v) is 2.02. The van der Waals surface area contributed by atoms with E-state index in [9.17, 15) is 9.90 Å². The summed E-state index contributed by atoms with van der Waals surface area (Å²) >= 11 is 0. The SMILES string of the molecule is O=C(NCC1(CO)CC1)c1cccc(-c2nn[nH]n2)c1. The van der Waals surface area contributed by atoms with Gasteiger partial charge in [-0.2, -0.15) is 5.21 Å². The molecule has 3 N–H and O–H groups in total. The van der Waals surface area contributed by atoms with Crippen LogP contribution in [-0.4, -0.2) is 44.8 Å². The van der Waals surface area contributed by atoms with E-state index in [1.54, 1.807) is 18.2 Å². The van der Waals surface area contributed by atoms with Gasteiger partial charge in [0.15, 0.2) is 0 Å². The average Bonchev–Trinajstić information content (AvgIpc) is 3.07. The molecule has 7 heteroatoms. The van der Waals surface area contributed by atoms with E-state index in [4.69, 9.17) is 0 Å². The maximum Gasteiger partial charge on any atom is 0.251 e. The van der Waals surface area contributed by atoms with Gasteiger partial charge >= 0.3 is 0 Å². The van der Waals surface area contributed by atoms with Crippen molar-refractivity contribution in [2.45, 2.75) is 12.8 Å². The molecule has 0 aliphatic heterocycles. The van der Waals surface area contributed by atoms with Gasteiger partial charge < -0.3 is 10.4 Å². The standard InChI is InChI=1S/C13H15N5O2/c19-8-13(4-5-13)7-14-12(20)10-3-1-2-9(6-10)11-15-17-18-16-11/h1-3,6,19H,4-5,7-8H2,(H,14,20)(H,15,16,17,18). The van der Waals surface area contributed by atoms with Gasteiger partial charge in [-0.1, -0.05) is 12.1 Å². The number of carbonyl (C=O) groups excluding carboxylic acids is 1. The van der Waals surface area contributed by atoms with Crippen molar-refractivity contribution in [3.8, 4) is 11.4 Å². The normalized spacial score (nSPS) is 15.8. The number of H-pyrrole nitrogens is 1. The molecule has 2 aromatic rings. The predicted molar refractivity (Wildman–Crippen MR) is 70.7 cm³/mol. The molecule has 1 amide bonds. The molecule has 0 radical (unpaired) electrons. The Morgan fingerprint density at radius 1 is 1.45 bits per heavy atom. The molecule has 0 atom stereocenters. The minimum Gasteiger partial charge on any atom is -0.396 e. The van der Waals surface area contributed by atoms with Crippen molar-refractivity contribution >= 4 is 5.91 Å². The first-order chi connectivity index (χ1) is 9.72. The van der Waals surface area contributed by atoms with Crippen molar-refractivity contribution in [1.29, 1.82) is 0 Å². The van der Waals surface area contributed by atoms with Gasteiger partial charge in [-0.25, -0.2) is 0 Å². The summed E-state index contributed by atoms with van der Waals surface area (Å²) in [4.78, 5) is 12.1. The second kappa shape index (κ2) is 5.01. The van der Waals surface area contributed by atoms with Crippen LogP contribution in [0.1, 0.15) is 23.2 Å². The van der Waals surface area contributed by atoms with Crippen LogP contribution < -0.4 is 5.32 Å². The number of aliphatic hydroxyl groups is 1. The maximum atomic E-state index is 12.1. The van der Waals surface area contributed by atoms with Crippen LogP contribution in [0.25, 0.3) is 11.4 Å². The van der Waals surface area contributed by atoms with E-state index in [1.165, 1.54) is 0 Å². The summed E-state index contributed by atoms with van der Waals surface area (Å²) in [6, 6.07) is 7.05. The molecule has 3 rings (SSSR count). The van der Waals surface area contributed by atoms with E-state index in [-0.39, 0.29) is 17.9 Å². The Morgan fingerprint density at radius 3 is 2.95 bits per heavy atom. The van der Waals surface area contributed by atoms with Gasteiger partial charge in [-0.15, -0.1) is 10.2 Å². The minimum absolute atomic E-state index is 0.0963. The van der Waals surface area contributed by atoms with E-state index in [1.807, 2.05) is 6.07 Å². The lowest BCUT2D eigenvalue weighted by atomic mass is 10.1. The third kappa shape index (κ3) is 2.53. The summed E-state index contributed by atoms with van der Waals surface area (Å²) in [6.45, 7) is 0.630. The van der Waals surface area contributed by atoms with E-state index < -0.39 is 0 Å². The number of carbonyl (C=O) groups is 1. The van der Waals surface area contributed by atoms with E-state index in [0.717, 1.165) is 18.4 Å². The van der Waals surface area contributed by atoms with Crippen LogP contribution in [0.3, 0.4) is 0 Å². The highest BCUT2D eigenvalue weighted by Crippen LogP contribution is 2.44. The molecule has 104 valence electrons. The number of aliphatic hydroxyl groups excluding tert-OH is 1. The summed E-state index contributed by atoms with van der Waals surface area (Å²) in [6.07, 6.45) is 1.93. The van der Waals surface area contributed by atoms with Gasteiger partial charge in [0, 0.05) is 23.1 Å². The first-order valence-electron chi connectivity index (χ1n) is 6.45. The monoisotopic (exact) mass is 273 g/mol. The van der Waals surface area contributed by atoms with Gasteiger partial charge in [-0.3, -0.25) is 4.79 Å². The van der Waals surface area contributed by atoms with Crippen molar-refractivity contribution < 1.29 is 9.90 Å². The Bertz CT molecular complexity index is 607. The maximum absolute atomic E-state index is 12.1. The molecule has 0 spiro atoms. The van der Waals surface area contributed by atoms with Gasteiger partial charge in [0.1, 0.15) is 0 Å². The molecule has 1 aromatic carbocycles. The Hall–Kier alpha value is -2.28. The van der Waals surface area contributed by atoms with Crippen molar-refractivity contribution in [2.75, 3.05) is 13.2 Å². The first-order valence-corrected chi connectivity index (χ1v) is 6.45. The van der Waals surface area contributed by atoms with Gasteiger partial charge in [0.05, 0.1) is 6.61 Å². The molecule has 1 fully saturated rings. The smallest absolute Gasteiger partial charge is 0.251 e. The second-order valence-electron chi connectivity index (χ2n) is 5.16. The number of nitrogens with zero attached hydrogens (tertiary/aromatic N) is 3. The number of benzene rings is 1. The molecule has 7 nitrogen and oxygen atoms in total. The van der Waals surface area contributed by atoms with Gasteiger partial charge in [0.25, 0.3) is 5.91 Å². The largest absolute Gasteiger partial charge is 0.396 e. The zero-order chi connectivity index (χ0) is 14.0. The predicted octanol–water partition coefficient (Wildman–Crippen LogP) is 0.369. The number of nitrogens with one attached hydrogen (secondary N) is 2. The number of aromatic amines is 1. The molecule has 1 saturated carbocycles. The molecule has 20 heavy (non-hydrogen) atoms. The van der Waals surface area contributed by atoms with Crippen LogP contribution >= 0.6 is 0 Å². The number of hydrogen-bond acceptors (Lipinski definition) is 5. The highest BCUT2D eigenvalue weighted by atomic mass is 16.3. The zero-order valence-corrected chi connectivity index (χ0v) is 10.8. The van der Waals surface area contributed by atoms with Crippen molar-refractivity contribution in [1.82, 2.24) is 25.9 Å². The lowest BCUT2D eigenvalue weighted by Crippen LogP contribution is -2.31. The summed E-state index contributed by atoms with van der Waals surface area (Å²) in [7, 11) is 0. The van der Waals surface area contributed by atoms with Crippen molar-refractivity contribution in [3.63, 3.8) is 0 Å². The quantitative estimate of drug-likeness (QED) is 0.730. The van der Waals surface area contributed by atoms with Crippen LogP contribution in [0, 0.1) is 5.41 Å². The fraction of sp³-hybridized carbons (Fsp3) is 0.385. The van der Waals surface area contributed by atoms with E-state index >= 15 is 0 Å². The molecule has 1 aliphatic rings. The fourth-order valence-electron chi connectivity index (χ4n) is 2.02. The number of amides is 1. The molecule has 0 bridgehead atoms. The Kier molecular flexibility index (Phi) is 3.19. The van der Waals surface area contributed by atoms with E-state index in [2.05, 4.69) is 25.9 Å². The van der Waals surface area contributed by atoms with Crippen LogP contribution in [-0.2, 0) is 0 Å². The van der Waals surface area contributed by atoms with Gasteiger partial charge in [-0.05, 0) is 30.2 Å². The first kappa shape index (κ1) is 12.7. The number of tetrazole rings is 1. The lowest BCUT2D eigenvalue weighted by molar-refractivity contribution is 0.0935. The van der Waals surface area contributed by atoms with Crippen LogP contribution in [0.4, 0.5) is 0 Å². The third-order valence-electron chi connectivity index (χ3n) is 3.64. The molecule has 1 heterocycles. The summed E-state index contributed by atoms with van der Waals surface area (Å²) in [5.74, 6) is 0.295. The Balaban J connectivity index is 1.70. The Morgan fingerprint density at radius 2 is 2.30 bits per heavy atom. The number of hydrogen-bond donors (Lipinski definition) is 3.